The lowest BCUT2D eigenvalue weighted by Crippen LogP contribution is -2.42. The lowest BCUT2D eigenvalue weighted by molar-refractivity contribution is 0.191. The van der Waals surface area contributed by atoms with Crippen LogP contribution in [0, 0.1) is 6.92 Å². The van der Waals surface area contributed by atoms with Crippen molar-refractivity contribution in [2.75, 3.05) is 18.4 Å². The highest BCUT2D eigenvalue weighted by molar-refractivity contribution is 5.88. The van der Waals surface area contributed by atoms with Crippen LogP contribution in [-0.4, -0.2) is 43.8 Å². The van der Waals surface area contributed by atoms with Crippen molar-refractivity contribution in [3.8, 4) is 0 Å². The number of carbonyl (C=O) groups is 1. The Labute approximate surface area is 138 Å². The molecule has 2 amide bonds. The molecular formula is C16H18N6O2. The molecule has 1 unspecified atom stereocenters. The molecular weight excluding hydrogens is 308 g/mol. The molecule has 0 aromatic carbocycles. The third-order valence-corrected chi connectivity index (χ3v) is 4.28. The van der Waals surface area contributed by atoms with Gasteiger partial charge in [0.15, 0.2) is 11.5 Å². The second kappa shape index (κ2) is 5.95. The van der Waals surface area contributed by atoms with E-state index < -0.39 is 0 Å². The summed E-state index contributed by atoms with van der Waals surface area (Å²) < 4.78 is 6.97. The van der Waals surface area contributed by atoms with E-state index in [9.17, 15) is 4.79 Å². The second-order valence-electron chi connectivity index (χ2n) is 6.03. The van der Waals surface area contributed by atoms with Crippen molar-refractivity contribution < 1.29 is 9.32 Å². The number of fused-ring (bicyclic) bond motifs is 1. The second-order valence-corrected chi connectivity index (χ2v) is 6.03. The normalized spacial score (nSPS) is 18.0. The third-order valence-electron chi connectivity index (χ3n) is 4.28. The molecule has 8 heteroatoms. The van der Waals surface area contributed by atoms with Gasteiger partial charge in [0.05, 0.1) is 0 Å². The number of likely N-dealkylation sites (tertiary alicyclic amines) is 1. The molecule has 24 heavy (non-hydrogen) atoms. The quantitative estimate of drug-likeness (QED) is 0.781. The molecule has 1 N–H and O–H groups in total. The van der Waals surface area contributed by atoms with Crippen molar-refractivity contribution in [2.24, 2.45) is 0 Å². The number of anilines is 1. The summed E-state index contributed by atoms with van der Waals surface area (Å²) >= 11 is 0. The maximum atomic E-state index is 12.4. The molecule has 1 atom stereocenters. The van der Waals surface area contributed by atoms with Crippen LogP contribution in [0.1, 0.15) is 30.3 Å². The fourth-order valence-corrected chi connectivity index (χ4v) is 3.12. The molecule has 0 saturated carbocycles. The van der Waals surface area contributed by atoms with Gasteiger partial charge in [-0.2, -0.15) is 0 Å². The van der Waals surface area contributed by atoms with E-state index in [2.05, 4.69) is 20.7 Å². The lowest BCUT2D eigenvalue weighted by Gasteiger charge is -2.31. The van der Waals surface area contributed by atoms with Crippen LogP contribution in [0.5, 0.6) is 0 Å². The van der Waals surface area contributed by atoms with Crippen LogP contribution in [0.3, 0.4) is 0 Å². The maximum absolute atomic E-state index is 12.4. The van der Waals surface area contributed by atoms with Gasteiger partial charge in [0.1, 0.15) is 11.6 Å². The summed E-state index contributed by atoms with van der Waals surface area (Å²) in [6.07, 6.45) is 3.88. The third kappa shape index (κ3) is 2.70. The number of amides is 2. The van der Waals surface area contributed by atoms with Crippen molar-refractivity contribution in [1.82, 2.24) is 24.7 Å². The van der Waals surface area contributed by atoms with Gasteiger partial charge >= 0.3 is 6.03 Å². The lowest BCUT2D eigenvalue weighted by atomic mass is 9.97. The minimum atomic E-state index is -0.165. The SMILES string of the molecule is Cc1cc(NC(=O)N2CCCC(c3nnc4ccccn34)C2)no1. The molecule has 4 heterocycles. The fourth-order valence-electron chi connectivity index (χ4n) is 3.12. The molecule has 0 bridgehead atoms. The Balaban J connectivity index is 1.50. The Morgan fingerprint density at radius 3 is 3.12 bits per heavy atom. The summed E-state index contributed by atoms with van der Waals surface area (Å²) in [5, 5.41) is 15.1. The molecule has 3 aromatic rings. The van der Waals surface area contributed by atoms with E-state index in [0.717, 1.165) is 30.9 Å². The van der Waals surface area contributed by atoms with Gasteiger partial charge in [-0.05, 0) is 31.9 Å². The van der Waals surface area contributed by atoms with Crippen molar-refractivity contribution >= 4 is 17.5 Å². The minimum absolute atomic E-state index is 0.165. The van der Waals surface area contributed by atoms with Gasteiger partial charge in [-0.3, -0.25) is 9.72 Å². The highest BCUT2D eigenvalue weighted by atomic mass is 16.5. The molecule has 0 aliphatic carbocycles. The number of aryl methyl sites for hydroxylation is 1. The molecule has 8 nitrogen and oxygen atoms in total. The first-order valence-corrected chi connectivity index (χ1v) is 7.99. The number of nitrogens with one attached hydrogen (secondary N) is 1. The molecule has 0 radical (unpaired) electrons. The Morgan fingerprint density at radius 2 is 2.29 bits per heavy atom. The van der Waals surface area contributed by atoms with Crippen LogP contribution in [0.2, 0.25) is 0 Å². The molecule has 0 spiro atoms. The highest BCUT2D eigenvalue weighted by Gasteiger charge is 2.28. The first kappa shape index (κ1) is 14.7. The number of pyridine rings is 1. The predicted octanol–water partition coefficient (Wildman–Crippen LogP) is 2.44. The van der Waals surface area contributed by atoms with Gasteiger partial charge in [-0.25, -0.2) is 4.79 Å². The van der Waals surface area contributed by atoms with E-state index in [1.54, 1.807) is 17.9 Å². The van der Waals surface area contributed by atoms with Gasteiger partial charge in [-0.15, -0.1) is 10.2 Å². The first-order valence-electron chi connectivity index (χ1n) is 7.99. The molecule has 4 rings (SSSR count). The molecule has 3 aromatic heterocycles. The van der Waals surface area contributed by atoms with E-state index >= 15 is 0 Å². The number of aromatic nitrogens is 4. The summed E-state index contributed by atoms with van der Waals surface area (Å²) in [7, 11) is 0. The standard InChI is InChI=1S/C16H18N6O2/c1-11-9-13(20-24-11)17-16(23)21-7-4-5-12(10-21)15-19-18-14-6-2-3-8-22(14)15/h2-3,6,8-9,12H,4-5,7,10H2,1H3,(H,17,20,23). The topological polar surface area (TPSA) is 88.6 Å². The van der Waals surface area contributed by atoms with Gasteiger partial charge in [-0.1, -0.05) is 11.2 Å². The van der Waals surface area contributed by atoms with E-state index in [-0.39, 0.29) is 11.9 Å². The monoisotopic (exact) mass is 326 g/mol. The number of carbonyl (C=O) groups excluding carboxylic acids is 1. The Bertz CT molecular complexity index is 870. The summed E-state index contributed by atoms with van der Waals surface area (Å²) in [6, 6.07) is 7.36. The smallest absolute Gasteiger partial charge is 0.323 e. The van der Waals surface area contributed by atoms with Gasteiger partial charge in [0.2, 0.25) is 0 Å². The average Bonchev–Trinajstić information content (AvgIpc) is 3.21. The number of piperidine rings is 1. The zero-order chi connectivity index (χ0) is 16.5. The Hall–Kier alpha value is -2.90. The highest BCUT2D eigenvalue weighted by Crippen LogP contribution is 2.26. The summed E-state index contributed by atoms with van der Waals surface area (Å²) in [6.45, 7) is 3.12. The van der Waals surface area contributed by atoms with Gasteiger partial charge in [0, 0.05) is 31.3 Å². The van der Waals surface area contributed by atoms with Crippen molar-refractivity contribution in [1.29, 1.82) is 0 Å². The average molecular weight is 326 g/mol. The number of urea groups is 1. The molecule has 1 saturated heterocycles. The van der Waals surface area contributed by atoms with E-state index in [4.69, 9.17) is 4.52 Å². The van der Waals surface area contributed by atoms with Crippen LogP contribution >= 0.6 is 0 Å². The van der Waals surface area contributed by atoms with Crippen molar-refractivity contribution in [2.45, 2.75) is 25.7 Å². The maximum Gasteiger partial charge on any atom is 0.323 e. The first-order chi connectivity index (χ1) is 11.7. The van der Waals surface area contributed by atoms with Crippen LogP contribution in [0.15, 0.2) is 35.0 Å². The molecule has 1 fully saturated rings. The van der Waals surface area contributed by atoms with Crippen LogP contribution in [0.4, 0.5) is 10.6 Å². The predicted molar refractivity (Wildman–Crippen MR) is 86.8 cm³/mol. The minimum Gasteiger partial charge on any atom is -0.360 e. The van der Waals surface area contributed by atoms with Gasteiger partial charge < -0.3 is 9.42 Å². The largest absolute Gasteiger partial charge is 0.360 e. The Kier molecular flexibility index (Phi) is 3.64. The fraction of sp³-hybridized carbons (Fsp3) is 0.375. The van der Waals surface area contributed by atoms with Gasteiger partial charge in [0.25, 0.3) is 0 Å². The van der Waals surface area contributed by atoms with Crippen LogP contribution < -0.4 is 5.32 Å². The molecule has 1 aliphatic heterocycles. The summed E-state index contributed by atoms with van der Waals surface area (Å²) in [5.41, 5.74) is 0.826. The zero-order valence-electron chi connectivity index (χ0n) is 13.3. The van der Waals surface area contributed by atoms with E-state index in [1.807, 2.05) is 28.8 Å². The molecule has 124 valence electrons. The number of hydrogen-bond donors (Lipinski definition) is 1. The number of nitrogens with zero attached hydrogens (tertiary/aromatic N) is 5. The van der Waals surface area contributed by atoms with Crippen LogP contribution in [0.25, 0.3) is 5.65 Å². The van der Waals surface area contributed by atoms with Crippen molar-refractivity contribution in [3.05, 3.63) is 42.0 Å². The number of rotatable bonds is 2. The van der Waals surface area contributed by atoms with Crippen LogP contribution in [-0.2, 0) is 0 Å². The Morgan fingerprint density at radius 1 is 1.38 bits per heavy atom. The summed E-state index contributed by atoms with van der Waals surface area (Å²) in [4.78, 5) is 14.2. The van der Waals surface area contributed by atoms with E-state index in [0.29, 0.717) is 18.1 Å². The van der Waals surface area contributed by atoms with Crippen molar-refractivity contribution in [3.63, 3.8) is 0 Å². The zero-order valence-corrected chi connectivity index (χ0v) is 13.3. The summed E-state index contributed by atoms with van der Waals surface area (Å²) in [5.74, 6) is 2.17. The molecule has 1 aliphatic rings. The van der Waals surface area contributed by atoms with E-state index in [1.165, 1.54) is 0 Å². The number of hydrogen-bond acceptors (Lipinski definition) is 5.